The Kier molecular flexibility index (Phi) is 7.37. The van der Waals surface area contributed by atoms with Crippen molar-refractivity contribution in [3.05, 3.63) is 29.8 Å². The molecule has 1 aromatic rings. The van der Waals surface area contributed by atoms with Gasteiger partial charge in [-0.3, -0.25) is 0 Å². The van der Waals surface area contributed by atoms with Gasteiger partial charge in [0.25, 0.3) is 0 Å². The lowest BCUT2D eigenvalue weighted by atomic mass is 10.2. The summed E-state index contributed by atoms with van der Waals surface area (Å²) >= 11 is 0. The molecule has 0 saturated carbocycles. The highest BCUT2D eigenvalue weighted by molar-refractivity contribution is 5.80. The topological polar surface area (TPSA) is 66.4 Å². The van der Waals surface area contributed by atoms with Gasteiger partial charge in [-0.25, -0.2) is 9.79 Å². The quantitative estimate of drug-likeness (QED) is 0.651. The van der Waals surface area contributed by atoms with E-state index in [1.165, 1.54) is 0 Å². The summed E-state index contributed by atoms with van der Waals surface area (Å²) in [5.74, 6) is 1.70. The first-order valence-electron chi connectivity index (χ1n) is 8.75. The maximum absolute atomic E-state index is 11.8. The molecule has 1 fully saturated rings. The van der Waals surface area contributed by atoms with Gasteiger partial charge in [0.1, 0.15) is 5.75 Å². The fraction of sp³-hybridized carbons (Fsp3) is 0.556. The number of methoxy groups -OCH3 is 1. The van der Waals surface area contributed by atoms with E-state index in [0.717, 1.165) is 36.9 Å². The van der Waals surface area contributed by atoms with E-state index < -0.39 is 0 Å². The SMILES string of the molecule is CCNC(=NCc1cccc(OC)c1)N1CCN(C(=O)OCC)CC1. The molecule has 1 aliphatic heterocycles. The molecule has 1 aromatic carbocycles. The van der Waals surface area contributed by atoms with Crippen LogP contribution >= 0.6 is 0 Å². The number of aliphatic imine (C=N–C) groups is 1. The van der Waals surface area contributed by atoms with Gasteiger partial charge in [0.2, 0.25) is 0 Å². The van der Waals surface area contributed by atoms with E-state index in [0.29, 0.717) is 26.2 Å². The van der Waals surface area contributed by atoms with Gasteiger partial charge >= 0.3 is 6.09 Å². The monoisotopic (exact) mass is 348 g/mol. The van der Waals surface area contributed by atoms with E-state index in [2.05, 4.69) is 17.1 Å². The average Bonchev–Trinajstić information content (AvgIpc) is 2.65. The molecule has 0 radical (unpaired) electrons. The van der Waals surface area contributed by atoms with Crippen molar-refractivity contribution in [1.82, 2.24) is 15.1 Å². The van der Waals surface area contributed by atoms with Gasteiger partial charge in [0, 0.05) is 32.7 Å². The summed E-state index contributed by atoms with van der Waals surface area (Å²) in [6, 6.07) is 7.92. The van der Waals surface area contributed by atoms with Crippen molar-refractivity contribution in [3.63, 3.8) is 0 Å². The number of hydrogen-bond acceptors (Lipinski definition) is 4. The largest absolute Gasteiger partial charge is 0.497 e. The Morgan fingerprint density at radius 1 is 1.20 bits per heavy atom. The summed E-state index contributed by atoms with van der Waals surface area (Å²) < 4.78 is 10.3. The summed E-state index contributed by atoms with van der Waals surface area (Å²) in [4.78, 5) is 20.5. The lowest BCUT2D eigenvalue weighted by Gasteiger charge is -2.35. The van der Waals surface area contributed by atoms with E-state index >= 15 is 0 Å². The highest BCUT2D eigenvalue weighted by Gasteiger charge is 2.23. The fourth-order valence-electron chi connectivity index (χ4n) is 2.68. The summed E-state index contributed by atoms with van der Waals surface area (Å²) in [7, 11) is 1.66. The Morgan fingerprint density at radius 3 is 2.56 bits per heavy atom. The molecule has 7 nitrogen and oxygen atoms in total. The molecule has 1 saturated heterocycles. The number of carbonyl (C=O) groups is 1. The number of piperazine rings is 1. The van der Waals surface area contributed by atoms with Crippen LogP contribution in [0.25, 0.3) is 0 Å². The normalized spacial score (nSPS) is 15.1. The smallest absolute Gasteiger partial charge is 0.409 e. The first-order valence-corrected chi connectivity index (χ1v) is 8.75. The van der Waals surface area contributed by atoms with Crippen molar-refractivity contribution < 1.29 is 14.3 Å². The molecule has 0 bridgehead atoms. The van der Waals surface area contributed by atoms with Crippen LogP contribution in [0.2, 0.25) is 0 Å². The zero-order valence-electron chi connectivity index (χ0n) is 15.3. The average molecular weight is 348 g/mol. The molecule has 1 aliphatic rings. The molecule has 1 heterocycles. The number of benzene rings is 1. The maximum atomic E-state index is 11.8. The van der Waals surface area contributed by atoms with Gasteiger partial charge in [0.15, 0.2) is 5.96 Å². The van der Waals surface area contributed by atoms with Crippen molar-refractivity contribution in [3.8, 4) is 5.75 Å². The number of rotatable bonds is 5. The third-order valence-corrected chi connectivity index (χ3v) is 3.99. The van der Waals surface area contributed by atoms with Crippen molar-refractivity contribution in [2.24, 2.45) is 4.99 Å². The van der Waals surface area contributed by atoms with Crippen LogP contribution in [-0.4, -0.2) is 68.3 Å². The minimum Gasteiger partial charge on any atom is -0.497 e. The first kappa shape index (κ1) is 18.9. The number of nitrogens with zero attached hydrogens (tertiary/aromatic N) is 3. The van der Waals surface area contributed by atoms with E-state index in [1.807, 2.05) is 31.2 Å². The predicted octanol–water partition coefficient (Wildman–Crippen LogP) is 1.93. The van der Waals surface area contributed by atoms with Crippen molar-refractivity contribution in [2.75, 3.05) is 46.4 Å². The highest BCUT2D eigenvalue weighted by Crippen LogP contribution is 2.13. The number of ether oxygens (including phenoxy) is 2. The third kappa shape index (κ3) is 5.55. The summed E-state index contributed by atoms with van der Waals surface area (Å²) in [5, 5.41) is 3.33. The van der Waals surface area contributed by atoms with Crippen LogP contribution in [0.4, 0.5) is 4.79 Å². The van der Waals surface area contributed by atoms with Gasteiger partial charge in [-0.05, 0) is 31.5 Å². The van der Waals surface area contributed by atoms with Gasteiger partial charge in [-0.15, -0.1) is 0 Å². The number of carbonyl (C=O) groups excluding carboxylic acids is 1. The Hall–Kier alpha value is -2.44. The maximum Gasteiger partial charge on any atom is 0.409 e. The van der Waals surface area contributed by atoms with E-state index in [4.69, 9.17) is 14.5 Å². The third-order valence-electron chi connectivity index (χ3n) is 3.99. The molecule has 1 N–H and O–H groups in total. The van der Waals surface area contributed by atoms with Crippen LogP contribution in [0.15, 0.2) is 29.3 Å². The fourth-order valence-corrected chi connectivity index (χ4v) is 2.68. The van der Waals surface area contributed by atoms with Gasteiger partial charge in [-0.1, -0.05) is 12.1 Å². The Balaban J connectivity index is 1.97. The molecule has 0 spiro atoms. The second kappa shape index (κ2) is 9.76. The minimum absolute atomic E-state index is 0.236. The van der Waals surface area contributed by atoms with E-state index in [9.17, 15) is 4.79 Å². The lowest BCUT2D eigenvalue weighted by molar-refractivity contribution is 0.0914. The van der Waals surface area contributed by atoms with Gasteiger partial charge in [-0.2, -0.15) is 0 Å². The van der Waals surface area contributed by atoms with Crippen LogP contribution in [0, 0.1) is 0 Å². The molecule has 138 valence electrons. The van der Waals surface area contributed by atoms with Gasteiger partial charge < -0.3 is 24.6 Å². The molecular weight excluding hydrogens is 320 g/mol. The van der Waals surface area contributed by atoms with Crippen LogP contribution in [-0.2, 0) is 11.3 Å². The van der Waals surface area contributed by atoms with Crippen LogP contribution < -0.4 is 10.1 Å². The summed E-state index contributed by atoms with van der Waals surface area (Å²) in [6.07, 6.45) is -0.236. The number of amides is 1. The highest BCUT2D eigenvalue weighted by atomic mass is 16.6. The summed E-state index contributed by atoms with van der Waals surface area (Å²) in [6.45, 7) is 8.42. The minimum atomic E-state index is -0.236. The zero-order valence-corrected chi connectivity index (χ0v) is 15.3. The molecule has 25 heavy (non-hydrogen) atoms. The van der Waals surface area contributed by atoms with E-state index in [1.54, 1.807) is 12.0 Å². The molecule has 0 unspecified atom stereocenters. The number of nitrogens with one attached hydrogen (secondary N) is 1. The molecule has 0 aliphatic carbocycles. The molecule has 0 aromatic heterocycles. The second-order valence-corrected chi connectivity index (χ2v) is 5.69. The zero-order chi connectivity index (χ0) is 18.1. The van der Waals surface area contributed by atoms with Crippen molar-refractivity contribution >= 4 is 12.1 Å². The van der Waals surface area contributed by atoms with Crippen LogP contribution in [0.5, 0.6) is 5.75 Å². The molecule has 2 rings (SSSR count). The molecule has 7 heteroatoms. The molecule has 1 amide bonds. The van der Waals surface area contributed by atoms with Gasteiger partial charge in [0.05, 0.1) is 20.3 Å². The first-order chi connectivity index (χ1) is 12.2. The summed E-state index contributed by atoms with van der Waals surface area (Å²) in [5.41, 5.74) is 1.10. The second-order valence-electron chi connectivity index (χ2n) is 5.69. The predicted molar refractivity (Wildman–Crippen MR) is 98.0 cm³/mol. The lowest BCUT2D eigenvalue weighted by Crippen LogP contribution is -2.53. The van der Waals surface area contributed by atoms with E-state index in [-0.39, 0.29) is 6.09 Å². The molecule has 0 atom stereocenters. The number of guanidine groups is 1. The Morgan fingerprint density at radius 2 is 1.92 bits per heavy atom. The van der Waals surface area contributed by atoms with Crippen molar-refractivity contribution in [2.45, 2.75) is 20.4 Å². The van der Waals surface area contributed by atoms with Crippen LogP contribution in [0.1, 0.15) is 19.4 Å². The van der Waals surface area contributed by atoms with Crippen LogP contribution in [0.3, 0.4) is 0 Å². The Labute approximate surface area is 149 Å². The Bertz CT molecular complexity index is 583. The standard InChI is InChI=1S/C18H28N4O3/c1-4-19-17(20-14-15-7-6-8-16(13-15)24-3)21-9-11-22(12-10-21)18(23)25-5-2/h6-8,13H,4-5,9-12,14H2,1-3H3,(H,19,20). The number of hydrogen-bond donors (Lipinski definition) is 1. The molecular formula is C18H28N4O3. The van der Waals surface area contributed by atoms with Crippen molar-refractivity contribution in [1.29, 1.82) is 0 Å².